The molecule has 1 aromatic heterocycles. The van der Waals surface area contributed by atoms with Crippen molar-refractivity contribution < 1.29 is 14.3 Å². The van der Waals surface area contributed by atoms with Gasteiger partial charge in [0.2, 0.25) is 0 Å². The van der Waals surface area contributed by atoms with E-state index < -0.39 is 0 Å². The van der Waals surface area contributed by atoms with Crippen LogP contribution in [-0.4, -0.2) is 23.6 Å². The fourth-order valence-corrected chi connectivity index (χ4v) is 3.36. The summed E-state index contributed by atoms with van der Waals surface area (Å²) in [5, 5.41) is 5.20. The predicted molar refractivity (Wildman–Crippen MR) is 96.0 cm³/mol. The summed E-state index contributed by atoms with van der Waals surface area (Å²) in [6.45, 7) is 9.40. The van der Waals surface area contributed by atoms with E-state index in [1.807, 2.05) is 11.4 Å². The van der Waals surface area contributed by atoms with Crippen molar-refractivity contribution in [1.82, 2.24) is 4.98 Å². The summed E-state index contributed by atoms with van der Waals surface area (Å²) >= 11 is 1.38. The SMILES string of the molecule is C=C(C)C(=O)Nc1nc(-c2cc3c(c(OC)c2)OC(C)(C)C3)cs1. The quantitative estimate of drug-likeness (QED) is 0.850. The summed E-state index contributed by atoms with van der Waals surface area (Å²) in [7, 11) is 1.63. The normalized spacial score (nSPS) is 14.7. The van der Waals surface area contributed by atoms with Crippen LogP contribution < -0.4 is 14.8 Å². The molecule has 0 atom stereocenters. The van der Waals surface area contributed by atoms with Crippen molar-refractivity contribution >= 4 is 22.4 Å². The number of fused-ring (bicyclic) bond motifs is 1. The fourth-order valence-electron chi connectivity index (χ4n) is 2.65. The number of carbonyl (C=O) groups excluding carboxylic acids is 1. The minimum atomic E-state index is -0.239. The number of hydrogen-bond acceptors (Lipinski definition) is 5. The van der Waals surface area contributed by atoms with Gasteiger partial charge < -0.3 is 9.47 Å². The Kier molecular flexibility index (Phi) is 4.09. The molecule has 3 rings (SSSR count). The van der Waals surface area contributed by atoms with Crippen LogP contribution in [0.5, 0.6) is 11.5 Å². The van der Waals surface area contributed by atoms with E-state index in [1.165, 1.54) is 11.3 Å². The summed E-state index contributed by atoms with van der Waals surface area (Å²) in [6.07, 6.45) is 0.815. The molecule has 0 saturated carbocycles. The lowest BCUT2D eigenvalue weighted by molar-refractivity contribution is -0.112. The van der Waals surface area contributed by atoms with Gasteiger partial charge in [-0.3, -0.25) is 10.1 Å². The van der Waals surface area contributed by atoms with Crippen molar-refractivity contribution in [3.63, 3.8) is 0 Å². The predicted octanol–water partition coefficient (Wildman–Crippen LogP) is 4.05. The van der Waals surface area contributed by atoms with E-state index in [-0.39, 0.29) is 11.5 Å². The summed E-state index contributed by atoms with van der Waals surface area (Å²) in [5.41, 5.74) is 3.05. The maximum atomic E-state index is 11.7. The molecular formula is C18H20N2O3S. The van der Waals surface area contributed by atoms with Gasteiger partial charge in [0.05, 0.1) is 12.8 Å². The molecule has 0 saturated heterocycles. The van der Waals surface area contributed by atoms with Crippen LogP contribution >= 0.6 is 11.3 Å². The third-order valence-electron chi connectivity index (χ3n) is 3.75. The number of thiazole rings is 1. The van der Waals surface area contributed by atoms with Gasteiger partial charge in [-0.25, -0.2) is 4.98 Å². The number of hydrogen-bond donors (Lipinski definition) is 1. The first kappa shape index (κ1) is 16.5. The van der Waals surface area contributed by atoms with Crippen LogP contribution in [0.4, 0.5) is 5.13 Å². The van der Waals surface area contributed by atoms with Crippen molar-refractivity contribution in [2.75, 3.05) is 12.4 Å². The first-order valence-corrected chi connectivity index (χ1v) is 8.50. The molecule has 5 nitrogen and oxygen atoms in total. The second-order valence-electron chi connectivity index (χ2n) is 6.48. The van der Waals surface area contributed by atoms with E-state index in [2.05, 4.69) is 36.8 Å². The molecule has 0 radical (unpaired) electrons. The molecule has 1 aliphatic heterocycles. The lowest BCUT2D eigenvalue weighted by atomic mass is 9.99. The Morgan fingerprint density at radius 1 is 1.46 bits per heavy atom. The van der Waals surface area contributed by atoms with Crippen LogP contribution in [0, 0.1) is 0 Å². The highest BCUT2D eigenvalue weighted by Crippen LogP contribution is 2.44. The molecule has 126 valence electrons. The monoisotopic (exact) mass is 344 g/mol. The second-order valence-corrected chi connectivity index (χ2v) is 7.34. The zero-order valence-electron chi connectivity index (χ0n) is 14.2. The highest BCUT2D eigenvalue weighted by atomic mass is 32.1. The standard InChI is InChI=1S/C18H20N2O3S/c1-10(2)16(21)20-17-19-13(9-24-17)11-6-12-8-18(3,4)23-15(12)14(7-11)22-5/h6-7,9H,1,8H2,2-5H3,(H,19,20,21). The van der Waals surface area contributed by atoms with Gasteiger partial charge in [0, 0.05) is 28.5 Å². The van der Waals surface area contributed by atoms with Gasteiger partial charge in [-0.15, -0.1) is 11.3 Å². The van der Waals surface area contributed by atoms with E-state index >= 15 is 0 Å². The van der Waals surface area contributed by atoms with Crippen LogP contribution in [0.3, 0.4) is 0 Å². The molecule has 2 aromatic rings. The number of benzene rings is 1. The van der Waals surface area contributed by atoms with Crippen molar-refractivity contribution in [3.8, 4) is 22.8 Å². The minimum Gasteiger partial charge on any atom is -0.493 e. The molecule has 0 spiro atoms. The number of ether oxygens (including phenoxy) is 2. The van der Waals surface area contributed by atoms with E-state index in [9.17, 15) is 4.79 Å². The first-order valence-electron chi connectivity index (χ1n) is 7.62. The molecule has 2 heterocycles. The number of nitrogens with zero attached hydrogens (tertiary/aromatic N) is 1. The highest BCUT2D eigenvalue weighted by molar-refractivity contribution is 7.14. The minimum absolute atomic E-state index is 0.224. The van der Waals surface area contributed by atoms with Crippen LogP contribution in [0.25, 0.3) is 11.3 Å². The molecule has 1 amide bonds. The van der Waals surface area contributed by atoms with Crippen molar-refractivity contribution in [1.29, 1.82) is 0 Å². The summed E-state index contributed by atoms with van der Waals surface area (Å²) in [5.74, 6) is 1.28. The Labute approximate surface area is 145 Å². The molecule has 1 aromatic carbocycles. The van der Waals surface area contributed by atoms with Gasteiger partial charge in [-0.1, -0.05) is 6.58 Å². The topological polar surface area (TPSA) is 60.5 Å². The number of nitrogens with one attached hydrogen (secondary N) is 1. The number of methoxy groups -OCH3 is 1. The molecule has 1 aliphatic rings. The highest BCUT2D eigenvalue weighted by Gasteiger charge is 2.33. The Bertz CT molecular complexity index is 824. The molecule has 6 heteroatoms. The number of rotatable bonds is 4. The molecule has 0 fully saturated rings. The number of amides is 1. The van der Waals surface area contributed by atoms with Crippen LogP contribution in [0.1, 0.15) is 26.3 Å². The van der Waals surface area contributed by atoms with Gasteiger partial charge >= 0.3 is 0 Å². The van der Waals surface area contributed by atoms with E-state index in [0.29, 0.717) is 16.5 Å². The van der Waals surface area contributed by atoms with Gasteiger partial charge in [-0.2, -0.15) is 0 Å². The van der Waals surface area contributed by atoms with Crippen LogP contribution in [-0.2, 0) is 11.2 Å². The second kappa shape index (κ2) is 5.94. The zero-order valence-corrected chi connectivity index (χ0v) is 15.0. The largest absolute Gasteiger partial charge is 0.493 e. The molecule has 24 heavy (non-hydrogen) atoms. The Morgan fingerprint density at radius 2 is 2.21 bits per heavy atom. The number of aromatic nitrogens is 1. The molecular weight excluding hydrogens is 324 g/mol. The first-order chi connectivity index (χ1) is 11.3. The number of anilines is 1. The lowest BCUT2D eigenvalue weighted by Crippen LogP contribution is -2.24. The fraction of sp³-hybridized carbons (Fsp3) is 0.333. The van der Waals surface area contributed by atoms with Crippen molar-refractivity contribution in [2.24, 2.45) is 0 Å². The average Bonchev–Trinajstić information content (AvgIpc) is 3.08. The van der Waals surface area contributed by atoms with Crippen molar-refractivity contribution in [2.45, 2.75) is 32.8 Å². The van der Waals surface area contributed by atoms with E-state index in [1.54, 1.807) is 14.0 Å². The Hall–Kier alpha value is -2.34. The Morgan fingerprint density at radius 3 is 2.88 bits per heavy atom. The van der Waals surface area contributed by atoms with Gasteiger partial charge in [0.15, 0.2) is 16.6 Å². The van der Waals surface area contributed by atoms with Crippen LogP contribution in [0.15, 0.2) is 29.7 Å². The lowest BCUT2D eigenvalue weighted by Gasteiger charge is -2.17. The van der Waals surface area contributed by atoms with E-state index in [4.69, 9.17) is 9.47 Å². The summed E-state index contributed by atoms with van der Waals surface area (Å²) in [4.78, 5) is 16.2. The van der Waals surface area contributed by atoms with Gasteiger partial charge in [0.1, 0.15) is 5.60 Å². The number of carbonyl (C=O) groups is 1. The molecule has 0 bridgehead atoms. The zero-order chi connectivity index (χ0) is 17.5. The summed E-state index contributed by atoms with van der Waals surface area (Å²) in [6, 6.07) is 3.99. The van der Waals surface area contributed by atoms with Crippen molar-refractivity contribution in [3.05, 3.63) is 35.2 Å². The summed E-state index contributed by atoms with van der Waals surface area (Å²) < 4.78 is 11.5. The smallest absolute Gasteiger partial charge is 0.252 e. The van der Waals surface area contributed by atoms with Gasteiger partial charge in [-0.05, 0) is 32.9 Å². The molecule has 0 unspecified atom stereocenters. The third-order valence-corrected chi connectivity index (χ3v) is 4.51. The van der Waals surface area contributed by atoms with Crippen LogP contribution in [0.2, 0.25) is 0 Å². The molecule has 1 N–H and O–H groups in total. The Balaban J connectivity index is 1.93. The molecule has 0 aliphatic carbocycles. The van der Waals surface area contributed by atoms with E-state index in [0.717, 1.165) is 29.0 Å². The van der Waals surface area contributed by atoms with Gasteiger partial charge in [0.25, 0.3) is 5.91 Å². The third kappa shape index (κ3) is 3.14. The average molecular weight is 344 g/mol. The maximum Gasteiger partial charge on any atom is 0.252 e. The maximum absolute atomic E-state index is 11.7.